The smallest absolute Gasteiger partial charge is 0.182 e. The van der Waals surface area contributed by atoms with Crippen molar-refractivity contribution in [2.75, 3.05) is 0 Å². The Bertz CT molecular complexity index is 394. The van der Waals surface area contributed by atoms with Crippen molar-refractivity contribution in [3.63, 3.8) is 0 Å². The molecule has 0 aromatic carbocycles. The van der Waals surface area contributed by atoms with Crippen LogP contribution >= 0.6 is 15.9 Å². The Labute approximate surface area is 97.4 Å². The first-order chi connectivity index (χ1) is 6.91. The Kier molecular flexibility index (Phi) is 2.57. The van der Waals surface area contributed by atoms with Crippen LogP contribution in [0.4, 0.5) is 4.39 Å². The Balaban J connectivity index is 2.59. The van der Waals surface area contributed by atoms with Gasteiger partial charge in [0.15, 0.2) is 0 Å². The number of halogens is 2. The molecule has 4 heteroatoms. The third-order valence-electron chi connectivity index (χ3n) is 2.61. The quantitative estimate of drug-likeness (QED) is 0.782. The van der Waals surface area contributed by atoms with Crippen LogP contribution in [0.3, 0.4) is 0 Å². The van der Waals surface area contributed by atoms with Gasteiger partial charge in [0.2, 0.25) is 5.95 Å². The van der Waals surface area contributed by atoms with Crippen LogP contribution in [0.2, 0.25) is 0 Å². The highest BCUT2D eigenvalue weighted by Gasteiger charge is 2.34. The van der Waals surface area contributed by atoms with Gasteiger partial charge >= 0.3 is 0 Å². The molecule has 1 fully saturated rings. The van der Waals surface area contributed by atoms with E-state index >= 15 is 0 Å². The fraction of sp³-hybridized carbons (Fsp3) is 0.636. The molecule has 0 bridgehead atoms. The molecule has 1 heterocycles. The largest absolute Gasteiger partial charge is 0.247 e. The van der Waals surface area contributed by atoms with E-state index in [1.165, 1.54) is 0 Å². The van der Waals surface area contributed by atoms with Crippen molar-refractivity contribution in [2.24, 2.45) is 0 Å². The maximum atomic E-state index is 13.3. The van der Waals surface area contributed by atoms with E-state index in [1.54, 1.807) is 0 Å². The number of hydrogen-bond donors (Lipinski definition) is 0. The third kappa shape index (κ3) is 2.05. The van der Waals surface area contributed by atoms with Gasteiger partial charge in [-0.25, -0.2) is 0 Å². The second-order valence-electron chi connectivity index (χ2n) is 5.09. The summed E-state index contributed by atoms with van der Waals surface area (Å²) in [6, 6.07) is 0. The normalized spacial score (nSPS) is 16.9. The lowest BCUT2D eigenvalue weighted by Crippen LogP contribution is -2.18. The molecule has 2 rings (SSSR count). The molecule has 1 aromatic rings. The maximum Gasteiger partial charge on any atom is 0.247 e. The van der Waals surface area contributed by atoms with Crippen molar-refractivity contribution in [3.05, 3.63) is 21.7 Å². The summed E-state index contributed by atoms with van der Waals surface area (Å²) in [5, 5.41) is 7.57. The SMILES string of the molecule is CC(C)(C)c1nnc(F)c(Br)c1C1CC1. The number of nitrogens with zero attached hydrogens (tertiary/aromatic N) is 2. The molecule has 1 aliphatic rings. The Morgan fingerprint density at radius 3 is 2.33 bits per heavy atom. The van der Waals surface area contributed by atoms with Crippen LogP contribution in [-0.2, 0) is 5.41 Å². The fourth-order valence-electron chi connectivity index (χ4n) is 1.71. The molecule has 2 nitrogen and oxygen atoms in total. The zero-order chi connectivity index (χ0) is 11.2. The molecule has 0 radical (unpaired) electrons. The van der Waals surface area contributed by atoms with Crippen molar-refractivity contribution < 1.29 is 4.39 Å². The molecular weight excluding hydrogens is 259 g/mol. The Morgan fingerprint density at radius 2 is 1.87 bits per heavy atom. The Hall–Kier alpha value is -0.510. The topological polar surface area (TPSA) is 25.8 Å². The monoisotopic (exact) mass is 272 g/mol. The summed E-state index contributed by atoms with van der Waals surface area (Å²) in [4.78, 5) is 0. The van der Waals surface area contributed by atoms with Crippen molar-refractivity contribution in [1.29, 1.82) is 0 Å². The molecular formula is C11H14BrFN2. The number of aromatic nitrogens is 2. The molecule has 0 saturated heterocycles. The molecule has 1 aromatic heterocycles. The van der Waals surface area contributed by atoms with Gasteiger partial charge < -0.3 is 0 Å². The molecule has 0 unspecified atom stereocenters. The first-order valence-electron chi connectivity index (χ1n) is 5.13. The summed E-state index contributed by atoms with van der Waals surface area (Å²) in [6.07, 6.45) is 2.26. The molecule has 0 amide bonds. The van der Waals surface area contributed by atoms with Gasteiger partial charge in [-0.15, -0.1) is 5.10 Å². The maximum absolute atomic E-state index is 13.3. The van der Waals surface area contributed by atoms with Gasteiger partial charge in [0.1, 0.15) is 0 Å². The highest BCUT2D eigenvalue weighted by Crippen LogP contribution is 2.46. The lowest BCUT2D eigenvalue weighted by atomic mass is 9.87. The van der Waals surface area contributed by atoms with Crippen LogP contribution in [0.15, 0.2) is 4.47 Å². The summed E-state index contributed by atoms with van der Waals surface area (Å²) in [7, 11) is 0. The van der Waals surface area contributed by atoms with E-state index in [9.17, 15) is 4.39 Å². The van der Waals surface area contributed by atoms with Crippen LogP contribution in [0.5, 0.6) is 0 Å². The van der Waals surface area contributed by atoms with Crippen LogP contribution < -0.4 is 0 Å². The second kappa shape index (κ2) is 3.51. The van der Waals surface area contributed by atoms with Gasteiger partial charge in [0.05, 0.1) is 10.2 Å². The predicted octanol–water partition coefficient (Wildman–Crippen LogP) is 3.55. The van der Waals surface area contributed by atoms with Crippen LogP contribution in [-0.4, -0.2) is 10.2 Å². The molecule has 15 heavy (non-hydrogen) atoms. The molecule has 1 saturated carbocycles. The van der Waals surface area contributed by atoms with Crippen molar-refractivity contribution in [2.45, 2.75) is 44.9 Å². The molecule has 82 valence electrons. The summed E-state index contributed by atoms with van der Waals surface area (Å²) >= 11 is 3.29. The number of hydrogen-bond acceptors (Lipinski definition) is 2. The van der Waals surface area contributed by atoms with E-state index in [4.69, 9.17) is 0 Å². The van der Waals surface area contributed by atoms with E-state index in [2.05, 4.69) is 46.9 Å². The zero-order valence-electron chi connectivity index (χ0n) is 9.14. The van der Waals surface area contributed by atoms with Gasteiger partial charge in [0.25, 0.3) is 0 Å². The minimum atomic E-state index is -0.495. The van der Waals surface area contributed by atoms with Crippen molar-refractivity contribution >= 4 is 15.9 Å². The van der Waals surface area contributed by atoms with Gasteiger partial charge in [-0.3, -0.25) is 0 Å². The van der Waals surface area contributed by atoms with Gasteiger partial charge in [-0.05, 0) is 40.3 Å². The first kappa shape index (κ1) is 11.0. The lowest BCUT2D eigenvalue weighted by Gasteiger charge is -2.21. The highest BCUT2D eigenvalue weighted by atomic mass is 79.9. The van der Waals surface area contributed by atoms with Gasteiger partial charge in [-0.2, -0.15) is 9.49 Å². The average Bonchev–Trinajstić information content (AvgIpc) is 2.90. The average molecular weight is 273 g/mol. The van der Waals surface area contributed by atoms with Crippen LogP contribution in [0.1, 0.15) is 50.8 Å². The molecule has 0 N–H and O–H groups in total. The lowest BCUT2D eigenvalue weighted by molar-refractivity contribution is 0.505. The van der Waals surface area contributed by atoms with Gasteiger partial charge in [-0.1, -0.05) is 20.8 Å². The second-order valence-corrected chi connectivity index (χ2v) is 5.88. The fourth-order valence-corrected chi connectivity index (χ4v) is 2.30. The molecule has 1 aliphatic carbocycles. The summed E-state index contributed by atoms with van der Waals surface area (Å²) in [6.45, 7) is 6.23. The van der Waals surface area contributed by atoms with Crippen molar-refractivity contribution in [3.8, 4) is 0 Å². The minimum absolute atomic E-state index is 0.0822. The van der Waals surface area contributed by atoms with Crippen LogP contribution in [0.25, 0.3) is 0 Å². The van der Waals surface area contributed by atoms with E-state index in [1.807, 2.05) is 0 Å². The summed E-state index contributed by atoms with van der Waals surface area (Å²) in [5.41, 5.74) is 1.86. The van der Waals surface area contributed by atoms with Crippen molar-refractivity contribution in [1.82, 2.24) is 10.2 Å². The van der Waals surface area contributed by atoms with E-state index in [-0.39, 0.29) is 5.41 Å². The summed E-state index contributed by atoms with van der Waals surface area (Å²) < 4.78 is 13.8. The van der Waals surface area contributed by atoms with E-state index < -0.39 is 5.95 Å². The molecule has 0 aliphatic heterocycles. The van der Waals surface area contributed by atoms with Gasteiger partial charge in [0, 0.05) is 5.41 Å². The first-order valence-corrected chi connectivity index (χ1v) is 5.92. The van der Waals surface area contributed by atoms with Crippen LogP contribution in [0, 0.1) is 5.95 Å². The highest BCUT2D eigenvalue weighted by molar-refractivity contribution is 9.10. The zero-order valence-corrected chi connectivity index (χ0v) is 10.7. The predicted molar refractivity (Wildman–Crippen MR) is 60.4 cm³/mol. The third-order valence-corrected chi connectivity index (χ3v) is 3.36. The standard InChI is InChI=1S/C11H14BrFN2/c1-11(2,3)9-7(6-4-5-6)8(12)10(13)15-14-9/h6H,4-5H2,1-3H3. The molecule has 0 spiro atoms. The van der Waals surface area contributed by atoms with E-state index in [0.717, 1.165) is 24.1 Å². The Morgan fingerprint density at radius 1 is 1.27 bits per heavy atom. The summed E-state index contributed by atoms with van der Waals surface area (Å²) in [5.74, 6) is -0.0245. The minimum Gasteiger partial charge on any atom is -0.182 e. The van der Waals surface area contributed by atoms with E-state index in [0.29, 0.717) is 10.4 Å². The number of rotatable bonds is 1. The molecule has 0 atom stereocenters.